The summed E-state index contributed by atoms with van der Waals surface area (Å²) in [5, 5.41) is 0. The van der Waals surface area contributed by atoms with Gasteiger partial charge in [-0.2, -0.15) is 0 Å². The minimum Gasteiger partial charge on any atom is -0.0861 e. The Kier molecular flexibility index (Phi) is 15.0. The van der Waals surface area contributed by atoms with Crippen LogP contribution in [0, 0.1) is 5.92 Å². The van der Waals surface area contributed by atoms with Crippen molar-refractivity contribution in [2.75, 3.05) is 4.43 Å². The van der Waals surface area contributed by atoms with Crippen LogP contribution in [0.4, 0.5) is 0 Å². The van der Waals surface area contributed by atoms with Crippen molar-refractivity contribution in [3.63, 3.8) is 0 Å². The van der Waals surface area contributed by atoms with Gasteiger partial charge in [-0.25, -0.2) is 0 Å². The molecule has 0 nitrogen and oxygen atoms in total. The van der Waals surface area contributed by atoms with E-state index in [0.717, 1.165) is 5.92 Å². The zero-order chi connectivity index (χ0) is 6.28. The molecule has 46 valence electrons. The predicted octanol–water partition coefficient (Wildman–Crippen LogP) is 3.10. The van der Waals surface area contributed by atoms with Crippen LogP contribution in [0.5, 0.6) is 0 Å². The standard InChI is InChI=1S/C4H9I.C2H6/c1-4(2)3-5;1-2/h4H,3H2,1-2H3;1-2H3. The lowest BCUT2D eigenvalue weighted by molar-refractivity contribution is 0.763. The lowest BCUT2D eigenvalue weighted by Gasteiger charge is -1.88. The highest BCUT2D eigenvalue weighted by atomic mass is 127. The molecule has 0 bridgehead atoms. The second kappa shape index (κ2) is 9.88. The Labute approximate surface area is 60.8 Å². The fraction of sp³-hybridized carbons (Fsp3) is 1.00. The van der Waals surface area contributed by atoms with Gasteiger partial charge < -0.3 is 0 Å². The van der Waals surface area contributed by atoms with E-state index in [0.29, 0.717) is 0 Å². The number of hydrogen-bond acceptors (Lipinski definition) is 0. The number of hydrogen-bond donors (Lipinski definition) is 0. The average molecular weight is 214 g/mol. The van der Waals surface area contributed by atoms with Crippen molar-refractivity contribution in [3.8, 4) is 0 Å². The van der Waals surface area contributed by atoms with Gasteiger partial charge in [0.2, 0.25) is 0 Å². The molecule has 0 aliphatic carbocycles. The Balaban J connectivity index is 0. The van der Waals surface area contributed by atoms with Crippen LogP contribution in [0.25, 0.3) is 0 Å². The SMILES string of the molecule is CC.CC(C)CI. The van der Waals surface area contributed by atoms with Crippen molar-refractivity contribution in [1.29, 1.82) is 0 Å². The fourth-order valence-electron chi connectivity index (χ4n) is 0. The molecule has 0 heterocycles. The molecule has 0 N–H and O–H groups in total. The first kappa shape index (κ1) is 10.7. The van der Waals surface area contributed by atoms with Gasteiger partial charge >= 0.3 is 0 Å². The second-order valence-electron chi connectivity index (χ2n) is 1.55. The van der Waals surface area contributed by atoms with Gasteiger partial charge in [-0.05, 0) is 5.92 Å². The summed E-state index contributed by atoms with van der Waals surface area (Å²) >= 11 is 2.38. The zero-order valence-corrected chi connectivity index (χ0v) is 7.82. The fourth-order valence-corrected chi connectivity index (χ4v) is 0. The van der Waals surface area contributed by atoms with Gasteiger partial charge in [0.05, 0.1) is 0 Å². The summed E-state index contributed by atoms with van der Waals surface area (Å²) in [5.41, 5.74) is 0. The van der Waals surface area contributed by atoms with Crippen LogP contribution in [0.15, 0.2) is 0 Å². The maximum Gasteiger partial charge on any atom is 0.00184 e. The first-order chi connectivity index (χ1) is 3.27. The largest absolute Gasteiger partial charge is 0.0861 e. The molecule has 0 atom stereocenters. The summed E-state index contributed by atoms with van der Waals surface area (Å²) in [6.07, 6.45) is 0. The smallest absolute Gasteiger partial charge is 0.00184 e. The first-order valence-corrected chi connectivity index (χ1v) is 4.36. The minimum absolute atomic E-state index is 0.871. The van der Waals surface area contributed by atoms with Gasteiger partial charge in [0.15, 0.2) is 0 Å². The van der Waals surface area contributed by atoms with Crippen molar-refractivity contribution in [3.05, 3.63) is 0 Å². The highest BCUT2D eigenvalue weighted by Gasteiger charge is 1.81. The van der Waals surface area contributed by atoms with Crippen molar-refractivity contribution in [2.45, 2.75) is 27.7 Å². The Bertz CT molecular complexity index is 18.1. The van der Waals surface area contributed by atoms with E-state index >= 15 is 0 Å². The molecule has 0 aromatic heterocycles. The molecule has 0 aromatic rings. The summed E-state index contributed by atoms with van der Waals surface area (Å²) in [5.74, 6) is 0.871. The van der Waals surface area contributed by atoms with Crippen LogP contribution >= 0.6 is 22.6 Å². The first-order valence-electron chi connectivity index (χ1n) is 2.83. The van der Waals surface area contributed by atoms with Gasteiger partial charge in [-0.1, -0.05) is 50.3 Å². The minimum atomic E-state index is 0.871. The summed E-state index contributed by atoms with van der Waals surface area (Å²) in [6, 6.07) is 0. The summed E-state index contributed by atoms with van der Waals surface area (Å²) in [4.78, 5) is 0. The number of halogens is 1. The predicted molar refractivity (Wildman–Crippen MR) is 45.1 cm³/mol. The van der Waals surface area contributed by atoms with Crippen molar-refractivity contribution >= 4 is 22.6 Å². The quantitative estimate of drug-likeness (QED) is 0.464. The lowest BCUT2D eigenvalue weighted by Crippen LogP contribution is -1.82. The molecule has 0 aliphatic heterocycles. The molecule has 0 saturated carbocycles. The molecule has 0 aromatic carbocycles. The highest BCUT2D eigenvalue weighted by molar-refractivity contribution is 14.1. The molecular formula is C6H15I. The van der Waals surface area contributed by atoms with Gasteiger partial charge in [0, 0.05) is 4.43 Å². The average Bonchev–Trinajstić information content (AvgIpc) is 1.73. The van der Waals surface area contributed by atoms with Gasteiger partial charge in [0.1, 0.15) is 0 Å². The molecule has 1 heteroatoms. The molecule has 0 amide bonds. The normalized spacial score (nSPS) is 7.71. The van der Waals surface area contributed by atoms with E-state index in [4.69, 9.17) is 0 Å². The maximum atomic E-state index is 2.38. The Hall–Kier alpha value is 0.730. The van der Waals surface area contributed by atoms with E-state index in [1.807, 2.05) is 13.8 Å². The van der Waals surface area contributed by atoms with E-state index in [1.165, 1.54) is 4.43 Å². The maximum absolute atomic E-state index is 2.38. The topological polar surface area (TPSA) is 0 Å². The molecule has 7 heavy (non-hydrogen) atoms. The van der Waals surface area contributed by atoms with Crippen molar-refractivity contribution in [2.24, 2.45) is 5.92 Å². The van der Waals surface area contributed by atoms with E-state index < -0.39 is 0 Å². The molecule has 0 saturated heterocycles. The molecule has 0 fully saturated rings. The van der Waals surface area contributed by atoms with Crippen LogP contribution in [0.1, 0.15) is 27.7 Å². The summed E-state index contributed by atoms with van der Waals surface area (Å²) in [7, 11) is 0. The molecule has 0 spiro atoms. The third-order valence-electron chi connectivity index (χ3n) is 0.309. The van der Waals surface area contributed by atoms with Crippen LogP contribution in [-0.4, -0.2) is 4.43 Å². The zero-order valence-electron chi connectivity index (χ0n) is 5.66. The monoisotopic (exact) mass is 214 g/mol. The van der Waals surface area contributed by atoms with E-state index in [2.05, 4.69) is 36.4 Å². The molecule has 0 unspecified atom stereocenters. The van der Waals surface area contributed by atoms with Crippen molar-refractivity contribution < 1.29 is 0 Å². The van der Waals surface area contributed by atoms with Gasteiger partial charge in [0.25, 0.3) is 0 Å². The third-order valence-corrected chi connectivity index (χ3v) is 2.07. The Morgan fingerprint density at radius 2 is 1.43 bits per heavy atom. The summed E-state index contributed by atoms with van der Waals surface area (Å²) < 4.78 is 1.28. The molecule has 0 rings (SSSR count). The third kappa shape index (κ3) is 20.2. The van der Waals surface area contributed by atoms with E-state index in [1.54, 1.807) is 0 Å². The number of rotatable bonds is 1. The van der Waals surface area contributed by atoms with Gasteiger partial charge in [-0.3, -0.25) is 0 Å². The van der Waals surface area contributed by atoms with E-state index in [9.17, 15) is 0 Å². The number of alkyl halides is 1. The Morgan fingerprint density at radius 3 is 1.43 bits per heavy atom. The van der Waals surface area contributed by atoms with Crippen LogP contribution in [0.2, 0.25) is 0 Å². The highest BCUT2D eigenvalue weighted by Crippen LogP contribution is 1.95. The van der Waals surface area contributed by atoms with Crippen LogP contribution in [-0.2, 0) is 0 Å². The van der Waals surface area contributed by atoms with E-state index in [-0.39, 0.29) is 0 Å². The lowest BCUT2D eigenvalue weighted by atomic mass is 10.3. The molecule has 0 aliphatic rings. The molecular weight excluding hydrogens is 199 g/mol. The molecule has 0 radical (unpaired) electrons. The summed E-state index contributed by atoms with van der Waals surface area (Å²) in [6.45, 7) is 8.43. The van der Waals surface area contributed by atoms with Crippen LogP contribution < -0.4 is 0 Å². The van der Waals surface area contributed by atoms with Gasteiger partial charge in [-0.15, -0.1) is 0 Å². The Morgan fingerprint density at radius 1 is 1.29 bits per heavy atom. The van der Waals surface area contributed by atoms with Crippen molar-refractivity contribution in [1.82, 2.24) is 0 Å². The second-order valence-corrected chi connectivity index (χ2v) is 2.43. The van der Waals surface area contributed by atoms with Crippen LogP contribution in [0.3, 0.4) is 0 Å².